The Labute approximate surface area is 85.1 Å². The van der Waals surface area contributed by atoms with Gasteiger partial charge < -0.3 is 5.73 Å². The van der Waals surface area contributed by atoms with Gasteiger partial charge in [-0.2, -0.15) is 5.26 Å². The Morgan fingerprint density at radius 1 is 1.60 bits per heavy atom. The molecule has 6 heteroatoms. The van der Waals surface area contributed by atoms with Crippen LogP contribution in [0.1, 0.15) is 21.5 Å². The first-order chi connectivity index (χ1) is 6.99. The lowest BCUT2D eigenvalue weighted by Crippen LogP contribution is -2.15. The zero-order valence-electron chi connectivity index (χ0n) is 7.85. The largest absolute Gasteiger partial charge is 0.365 e. The standard InChI is InChI=1S/C9H7N3O3/c1-5-6(4-10)2-3-7(12(14)15)8(5)9(11)13/h2-3H,1H3,(H2,11,13). The fourth-order valence-corrected chi connectivity index (χ4v) is 1.28. The van der Waals surface area contributed by atoms with E-state index in [4.69, 9.17) is 11.0 Å². The highest BCUT2D eigenvalue weighted by Gasteiger charge is 2.22. The molecule has 0 radical (unpaired) electrons. The van der Waals surface area contributed by atoms with Crippen molar-refractivity contribution in [1.82, 2.24) is 0 Å². The Balaban J connectivity index is 3.60. The van der Waals surface area contributed by atoms with E-state index in [0.29, 0.717) is 0 Å². The maximum absolute atomic E-state index is 11.0. The summed E-state index contributed by atoms with van der Waals surface area (Å²) < 4.78 is 0. The smallest absolute Gasteiger partial charge is 0.282 e. The number of nitro groups is 1. The number of nitrogens with zero attached hydrogens (tertiary/aromatic N) is 2. The summed E-state index contributed by atoms with van der Waals surface area (Å²) in [5.41, 5.74) is 4.88. The van der Waals surface area contributed by atoms with E-state index in [9.17, 15) is 14.9 Å². The van der Waals surface area contributed by atoms with Crippen LogP contribution in [-0.4, -0.2) is 10.8 Å². The molecule has 6 nitrogen and oxygen atoms in total. The second kappa shape index (κ2) is 3.75. The molecule has 1 aromatic rings. The molecule has 0 heterocycles. The van der Waals surface area contributed by atoms with E-state index in [-0.39, 0.29) is 22.4 Å². The Morgan fingerprint density at radius 3 is 2.60 bits per heavy atom. The van der Waals surface area contributed by atoms with Crippen molar-refractivity contribution in [3.8, 4) is 6.07 Å². The molecule has 0 spiro atoms. The molecule has 1 aromatic carbocycles. The van der Waals surface area contributed by atoms with Crippen LogP contribution >= 0.6 is 0 Å². The third-order valence-corrected chi connectivity index (χ3v) is 2.01. The van der Waals surface area contributed by atoms with Crippen LogP contribution in [0.2, 0.25) is 0 Å². The van der Waals surface area contributed by atoms with Gasteiger partial charge in [0, 0.05) is 6.07 Å². The van der Waals surface area contributed by atoms with Gasteiger partial charge in [0.05, 0.1) is 16.6 Å². The lowest BCUT2D eigenvalue weighted by atomic mass is 10.0. The highest BCUT2D eigenvalue weighted by molar-refractivity contribution is 5.99. The van der Waals surface area contributed by atoms with Crippen LogP contribution in [-0.2, 0) is 0 Å². The van der Waals surface area contributed by atoms with Gasteiger partial charge in [-0.25, -0.2) is 0 Å². The van der Waals surface area contributed by atoms with Crippen LogP contribution in [0.3, 0.4) is 0 Å². The van der Waals surface area contributed by atoms with E-state index in [1.54, 1.807) is 0 Å². The molecule has 0 aliphatic rings. The van der Waals surface area contributed by atoms with Crippen molar-refractivity contribution in [2.75, 3.05) is 0 Å². The predicted molar refractivity (Wildman–Crippen MR) is 51.1 cm³/mol. The third-order valence-electron chi connectivity index (χ3n) is 2.01. The molecular weight excluding hydrogens is 198 g/mol. The van der Waals surface area contributed by atoms with E-state index in [1.807, 2.05) is 6.07 Å². The lowest BCUT2D eigenvalue weighted by molar-refractivity contribution is -0.385. The summed E-state index contributed by atoms with van der Waals surface area (Å²) in [5.74, 6) is -0.906. The van der Waals surface area contributed by atoms with E-state index >= 15 is 0 Å². The molecule has 0 fully saturated rings. The van der Waals surface area contributed by atoms with E-state index < -0.39 is 10.8 Å². The fourth-order valence-electron chi connectivity index (χ4n) is 1.28. The number of hydrogen-bond donors (Lipinski definition) is 1. The van der Waals surface area contributed by atoms with Crippen LogP contribution in [0.15, 0.2) is 12.1 Å². The van der Waals surface area contributed by atoms with Gasteiger partial charge in [-0.1, -0.05) is 0 Å². The number of nitrogens with two attached hydrogens (primary N) is 1. The van der Waals surface area contributed by atoms with Gasteiger partial charge in [0.15, 0.2) is 0 Å². The van der Waals surface area contributed by atoms with Crippen molar-refractivity contribution in [2.45, 2.75) is 6.92 Å². The molecule has 0 saturated heterocycles. The Kier molecular flexibility index (Phi) is 2.67. The minimum Gasteiger partial charge on any atom is -0.365 e. The number of nitro benzene ring substituents is 1. The fraction of sp³-hybridized carbons (Fsp3) is 0.111. The third kappa shape index (κ3) is 1.76. The first-order valence-electron chi connectivity index (χ1n) is 3.97. The van der Waals surface area contributed by atoms with E-state index in [1.165, 1.54) is 13.0 Å². The first-order valence-corrected chi connectivity index (χ1v) is 3.97. The number of primary amides is 1. The maximum atomic E-state index is 11.0. The summed E-state index contributed by atoms with van der Waals surface area (Å²) in [6, 6.07) is 4.22. The summed E-state index contributed by atoms with van der Waals surface area (Å²) in [5, 5.41) is 19.3. The summed E-state index contributed by atoms with van der Waals surface area (Å²) in [7, 11) is 0. The number of carbonyl (C=O) groups is 1. The number of nitriles is 1. The van der Waals surface area contributed by atoms with Crippen LogP contribution in [0.4, 0.5) is 5.69 Å². The molecule has 0 bridgehead atoms. The number of benzene rings is 1. The number of amides is 1. The molecule has 15 heavy (non-hydrogen) atoms. The van der Waals surface area contributed by atoms with Crippen LogP contribution in [0, 0.1) is 28.4 Å². The minimum atomic E-state index is -0.906. The van der Waals surface area contributed by atoms with Gasteiger partial charge in [-0.3, -0.25) is 14.9 Å². The number of hydrogen-bond acceptors (Lipinski definition) is 4. The average Bonchev–Trinajstić information content (AvgIpc) is 2.16. The molecule has 0 aliphatic carbocycles. The van der Waals surface area contributed by atoms with Crippen LogP contribution < -0.4 is 5.73 Å². The quantitative estimate of drug-likeness (QED) is 0.570. The molecule has 1 rings (SSSR count). The zero-order chi connectivity index (χ0) is 11.6. The summed E-state index contributed by atoms with van der Waals surface area (Å²) in [6.07, 6.45) is 0. The molecule has 0 unspecified atom stereocenters. The topological polar surface area (TPSA) is 110 Å². The molecule has 1 amide bonds. The Hall–Kier alpha value is -2.42. The maximum Gasteiger partial charge on any atom is 0.282 e. The Bertz CT molecular complexity index is 488. The van der Waals surface area contributed by atoms with Gasteiger partial charge in [-0.05, 0) is 18.6 Å². The average molecular weight is 205 g/mol. The molecule has 76 valence electrons. The van der Waals surface area contributed by atoms with Gasteiger partial charge in [-0.15, -0.1) is 0 Å². The Morgan fingerprint density at radius 2 is 2.20 bits per heavy atom. The van der Waals surface area contributed by atoms with Crippen molar-refractivity contribution >= 4 is 11.6 Å². The zero-order valence-corrected chi connectivity index (χ0v) is 7.85. The number of carbonyl (C=O) groups excluding carboxylic acids is 1. The van der Waals surface area contributed by atoms with Crippen molar-refractivity contribution < 1.29 is 9.72 Å². The SMILES string of the molecule is Cc1c(C#N)ccc([N+](=O)[O-])c1C(N)=O. The van der Waals surface area contributed by atoms with Crippen molar-refractivity contribution in [1.29, 1.82) is 5.26 Å². The number of rotatable bonds is 2. The van der Waals surface area contributed by atoms with Gasteiger partial charge >= 0.3 is 0 Å². The van der Waals surface area contributed by atoms with Gasteiger partial charge in [0.25, 0.3) is 11.6 Å². The van der Waals surface area contributed by atoms with Gasteiger partial charge in [0.1, 0.15) is 5.56 Å². The second-order valence-electron chi connectivity index (χ2n) is 2.87. The molecule has 0 saturated carbocycles. The van der Waals surface area contributed by atoms with E-state index in [0.717, 1.165) is 6.07 Å². The van der Waals surface area contributed by atoms with Crippen molar-refractivity contribution in [3.63, 3.8) is 0 Å². The minimum absolute atomic E-state index is 0.203. The summed E-state index contributed by atoms with van der Waals surface area (Å²) in [6.45, 7) is 1.45. The molecule has 0 atom stereocenters. The highest BCUT2D eigenvalue weighted by atomic mass is 16.6. The van der Waals surface area contributed by atoms with Crippen LogP contribution in [0.5, 0.6) is 0 Å². The molecule has 0 aromatic heterocycles. The molecule has 0 aliphatic heterocycles. The summed E-state index contributed by atoms with van der Waals surface area (Å²) in [4.78, 5) is 20.9. The molecular formula is C9H7N3O3. The van der Waals surface area contributed by atoms with Gasteiger partial charge in [0.2, 0.25) is 0 Å². The highest BCUT2D eigenvalue weighted by Crippen LogP contribution is 2.23. The second-order valence-corrected chi connectivity index (χ2v) is 2.87. The lowest BCUT2D eigenvalue weighted by Gasteiger charge is -2.03. The normalized spacial score (nSPS) is 9.33. The monoisotopic (exact) mass is 205 g/mol. The molecule has 2 N–H and O–H groups in total. The van der Waals surface area contributed by atoms with Crippen molar-refractivity contribution in [3.05, 3.63) is 38.9 Å². The van der Waals surface area contributed by atoms with E-state index in [2.05, 4.69) is 0 Å². The summed E-state index contributed by atoms with van der Waals surface area (Å²) >= 11 is 0. The predicted octanol–water partition coefficient (Wildman–Crippen LogP) is 0.874. The first kappa shape index (κ1) is 10.7. The van der Waals surface area contributed by atoms with Crippen LogP contribution in [0.25, 0.3) is 0 Å². The van der Waals surface area contributed by atoms with Crippen molar-refractivity contribution in [2.24, 2.45) is 5.73 Å².